The van der Waals surface area contributed by atoms with Gasteiger partial charge in [-0.2, -0.15) is 0 Å². The average Bonchev–Trinajstić information content (AvgIpc) is 1.89. The zero-order valence-electron chi connectivity index (χ0n) is 8.51. The molecule has 0 aliphatic heterocycles. The van der Waals surface area contributed by atoms with Crippen LogP contribution in [-0.2, 0) is 0 Å². The summed E-state index contributed by atoms with van der Waals surface area (Å²) in [6, 6.07) is 2.42. The summed E-state index contributed by atoms with van der Waals surface area (Å²) in [7, 11) is 4.00. The summed E-state index contributed by atoms with van der Waals surface area (Å²) in [6.07, 6.45) is 0. The highest BCUT2D eigenvalue weighted by Gasteiger charge is 2.27. The lowest BCUT2D eigenvalue weighted by Gasteiger charge is -2.30. The molecule has 0 aliphatic carbocycles. The molecule has 0 unspecified atom stereocenters. The van der Waals surface area contributed by atoms with E-state index in [0.717, 1.165) is 6.54 Å². The van der Waals surface area contributed by atoms with Crippen LogP contribution in [0.5, 0.6) is 0 Å². The zero-order chi connectivity index (χ0) is 9.07. The van der Waals surface area contributed by atoms with Gasteiger partial charge in [0.1, 0.15) is 0 Å². The third kappa shape index (κ3) is 2.94. The number of hydrogen-bond acceptors (Lipinski definition) is 2. The molecule has 4 heteroatoms. The molecule has 0 spiro atoms. The molecule has 3 nitrogen and oxygen atoms in total. The highest BCUT2D eigenvalue weighted by Crippen LogP contribution is 2.09. The molecule has 0 heterocycles. The van der Waals surface area contributed by atoms with Crippen LogP contribution in [0.15, 0.2) is 0 Å². The molecule has 72 valence electrons. The van der Waals surface area contributed by atoms with E-state index in [0.29, 0.717) is 0 Å². The number of rotatable bonds is 3. The van der Waals surface area contributed by atoms with E-state index >= 15 is 0 Å². The van der Waals surface area contributed by atoms with Crippen molar-refractivity contribution < 1.29 is 4.58 Å². The number of halogens is 1. The molecule has 0 aromatic carbocycles. The maximum absolute atomic E-state index is 7.06. The monoisotopic (exact) mass is 192 g/mol. The van der Waals surface area contributed by atoms with E-state index in [1.165, 1.54) is 0 Å². The Balaban J connectivity index is 0. The summed E-state index contributed by atoms with van der Waals surface area (Å²) >= 11 is 0. The van der Waals surface area contributed by atoms with Gasteiger partial charge in [0.25, 0.3) is 0 Å². The zero-order valence-corrected chi connectivity index (χ0v) is 9.33. The highest BCUT2D eigenvalue weighted by atomic mass is 35.5. The maximum Gasteiger partial charge on any atom is 0.305 e. The Morgan fingerprint density at radius 1 is 1.42 bits per heavy atom. The maximum atomic E-state index is 7.06. The van der Waals surface area contributed by atoms with Gasteiger partial charge in [-0.3, -0.25) is 4.90 Å². The fourth-order valence-corrected chi connectivity index (χ4v) is 0.844. The largest absolute Gasteiger partial charge is 0.305 e. The van der Waals surface area contributed by atoms with E-state index in [9.17, 15) is 0 Å². The molecule has 0 aliphatic rings. The Hall–Kier alpha value is -0.370. The number of hydrogen-bond donors (Lipinski definition) is 1. The predicted molar refractivity (Wildman–Crippen MR) is 53.5 cm³/mol. The smallest absolute Gasteiger partial charge is 0.269 e. The van der Waals surface area contributed by atoms with Crippen molar-refractivity contribution in [2.45, 2.75) is 26.4 Å². The van der Waals surface area contributed by atoms with Gasteiger partial charge < -0.3 is 0 Å². The van der Waals surface area contributed by atoms with Crippen molar-refractivity contribution in [3.8, 4) is 0 Å². The van der Waals surface area contributed by atoms with Crippen LogP contribution in [0.3, 0.4) is 0 Å². The van der Waals surface area contributed by atoms with Crippen LogP contribution in [0, 0.1) is 5.41 Å². The van der Waals surface area contributed by atoms with Gasteiger partial charge in [-0.25, -0.2) is 4.58 Å². The van der Waals surface area contributed by atoms with E-state index in [1.54, 1.807) is 0 Å². The minimum atomic E-state index is -0.115. The van der Waals surface area contributed by atoms with Crippen molar-refractivity contribution in [3.05, 3.63) is 0 Å². The molecule has 0 rings (SSSR count). The molecule has 0 atom stereocenters. The molecule has 0 amide bonds. The van der Waals surface area contributed by atoms with Crippen LogP contribution >= 0.6 is 12.4 Å². The molecule has 1 N–H and O–H groups in total. The van der Waals surface area contributed by atoms with Crippen molar-refractivity contribution in [3.63, 3.8) is 0 Å². The molecule has 0 saturated carbocycles. The molecule has 0 radical (unpaired) electrons. The third-order valence-corrected chi connectivity index (χ3v) is 2.21. The molecule has 0 aromatic heterocycles. The lowest BCUT2D eigenvalue weighted by atomic mass is 10.2. The van der Waals surface area contributed by atoms with Crippen LogP contribution in [0.4, 0.5) is 0 Å². The summed E-state index contributed by atoms with van der Waals surface area (Å²) < 4.78 is 1.85. The lowest BCUT2D eigenvalue weighted by Crippen LogP contribution is -2.48. The summed E-state index contributed by atoms with van der Waals surface area (Å²) in [5.74, 6) is 0. The third-order valence-electron chi connectivity index (χ3n) is 2.21. The summed E-state index contributed by atoms with van der Waals surface area (Å²) in [6.45, 7) is 6.97. The summed E-state index contributed by atoms with van der Waals surface area (Å²) in [4.78, 5) is 2.07. The number of nitrogens with one attached hydrogen (secondary N) is 1. The molecular weight excluding hydrogens is 174 g/mol. The summed E-state index contributed by atoms with van der Waals surface area (Å²) in [5, 5.41) is 7.06. The molecule has 0 fully saturated rings. The molecule has 12 heavy (non-hydrogen) atoms. The van der Waals surface area contributed by atoms with Crippen LogP contribution in [-0.4, -0.2) is 41.8 Å². The normalized spacial score (nSPS) is 10.5. The average molecular weight is 193 g/mol. The Morgan fingerprint density at radius 3 is 1.92 bits per heavy atom. The minimum Gasteiger partial charge on any atom is -0.269 e. The quantitative estimate of drug-likeness (QED) is 0.410. The van der Waals surface area contributed by atoms with Gasteiger partial charge in [0.2, 0.25) is 0 Å². The lowest BCUT2D eigenvalue weighted by molar-refractivity contribution is -0.619. The minimum absolute atomic E-state index is 0. The van der Waals surface area contributed by atoms with Crippen molar-refractivity contribution in [1.82, 2.24) is 4.90 Å². The highest BCUT2D eigenvalue weighted by molar-refractivity contribution is 5.85. The fourth-order valence-electron chi connectivity index (χ4n) is 0.844. The van der Waals surface area contributed by atoms with Crippen LogP contribution in [0.2, 0.25) is 0 Å². The molecule has 0 aromatic rings. The molecular formula is C8H19ClN3+. The first-order chi connectivity index (χ1) is 4.96. The van der Waals surface area contributed by atoms with Gasteiger partial charge in [0, 0.05) is 0 Å². The Morgan fingerprint density at radius 2 is 1.83 bits per heavy atom. The van der Waals surface area contributed by atoms with Gasteiger partial charge in [-0.15, -0.1) is 12.4 Å². The van der Waals surface area contributed by atoms with Gasteiger partial charge in [0.05, 0.1) is 6.54 Å². The summed E-state index contributed by atoms with van der Waals surface area (Å²) in [5.41, 5.74) is -0.115. The Bertz CT molecular complexity index is 181. The standard InChI is InChI=1S/C8H18N3.ClH/c1-6-11(7-9)8(2,3)10(4)5;/h9H,6H2,1-5H3;1H/q+1;. The van der Waals surface area contributed by atoms with E-state index in [1.807, 2.05) is 25.6 Å². The van der Waals surface area contributed by atoms with E-state index in [2.05, 4.69) is 24.8 Å². The van der Waals surface area contributed by atoms with Gasteiger partial charge >= 0.3 is 6.01 Å². The second kappa shape index (κ2) is 5.31. The van der Waals surface area contributed by atoms with Crippen LogP contribution in [0.25, 0.3) is 0 Å². The Kier molecular flexibility index (Phi) is 6.27. The first-order valence-electron chi connectivity index (χ1n) is 3.84. The van der Waals surface area contributed by atoms with Crippen molar-refractivity contribution in [2.24, 2.45) is 0 Å². The second-order valence-electron chi connectivity index (χ2n) is 3.24. The van der Waals surface area contributed by atoms with Gasteiger partial charge in [0.15, 0.2) is 5.66 Å². The van der Waals surface area contributed by atoms with Crippen LogP contribution in [0.1, 0.15) is 20.8 Å². The molecule has 0 bridgehead atoms. The first-order valence-corrected chi connectivity index (χ1v) is 3.84. The number of nitrogens with zero attached hydrogens (tertiary/aromatic N) is 2. The fraction of sp³-hybridized carbons (Fsp3) is 0.875. The molecule has 0 saturated heterocycles. The van der Waals surface area contributed by atoms with Crippen molar-refractivity contribution in [2.75, 3.05) is 20.6 Å². The van der Waals surface area contributed by atoms with Crippen LogP contribution < -0.4 is 0 Å². The SMILES string of the molecule is CC[N+](=C=N)C(C)(C)N(C)C.Cl. The first kappa shape index (κ1) is 14.2. The van der Waals surface area contributed by atoms with E-state index in [-0.39, 0.29) is 18.1 Å². The van der Waals surface area contributed by atoms with Gasteiger partial charge in [-0.1, -0.05) is 5.41 Å². The van der Waals surface area contributed by atoms with E-state index < -0.39 is 0 Å². The van der Waals surface area contributed by atoms with Gasteiger partial charge in [-0.05, 0) is 34.9 Å². The second-order valence-corrected chi connectivity index (χ2v) is 3.24. The Labute approximate surface area is 81.0 Å². The predicted octanol–water partition coefficient (Wildman–Crippen LogP) is 1.49. The topological polar surface area (TPSA) is 30.1 Å². The van der Waals surface area contributed by atoms with E-state index in [4.69, 9.17) is 5.41 Å². The van der Waals surface area contributed by atoms with Crippen molar-refractivity contribution >= 4 is 18.4 Å². The van der Waals surface area contributed by atoms with Crippen molar-refractivity contribution in [1.29, 1.82) is 5.41 Å².